The zero-order chi connectivity index (χ0) is 10.8. The summed E-state index contributed by atoms with van der Waals surface area (Å²) in [6, 6.07) is 0.648. The van der Waals surface area contributed by atoms with E-state index in [2.05, 4.69) is 29.3 Å². The van der Waals surface area contributed by atoms with Gasteiger partial charge < -0.3 is 10.2 Å². The molecular formula is C11H20N4. The molecule has 0 spiro atoms. The van der Waals surface area contributed by atoms with Gasteiger partial charge in [-0.2, -0.15) is 5.10 Å². The molecule has 2 rings (SSSR count). The summed E-state index contributed by atoms with van der Waals surface area (Å²) in [6.45, 7) is 5.44. The lowest BCUT2D eigenvalue weighted by atomic mass is 10.2. The van der Waals surface area contributed by atoms with Gasteiger partial charge in [0, 0.05) is 37.4 Å². The largest absolute Gasteiger partial charge is 0.308 e. The first-order valence-corrected chi connectivity index (χ1v) is 5.56. The average molecular weight is 208 g/mol. The van der Waals surface area contributed by atoms with Gasteiger partial charge in [0.2, 0.25) is 0 Å². The highest BCUT2D eigenvalue weighted by atomic mass is 15.3. The second kappa shape index (κ2) is 4.33. The van der Waals surface area contributed by atoms with Crippen LogP contribution in [0.4, 0.5) is 0 Å². The standard InChI is InChI=1S/C11H20N4/c1-9-10(7-13-15(9)3)6-12-11-4-5-14(2)8-11/h7,11-12H,4-6,8H2,1-3H3/t11-/m1/s1. The van der Waals surface area contributed by atoms with E-state index in [9.17, 15) is 0 Å². The predicted molar refractivity (Wildman–Crippen MR) is 60.7 cm³/mol. The van der Waals surface area contributed by atoms with E-state index in [-0.39, 0.29) is 0 Å². The second-order valence-corrected chi connectivity index (χ2v) is 4.51. The summed E-state index contributed by atoms with van der Waals surface area (Å²) in [5.74, 6) is 0. The van der Waals surface area contributed by atoms with Crippen LogP contribution in [0.5, 0.6) is 0 Å². The fourth-order valence-electron chi connectivity index (χ4n) is 2.07. The van der Waals surface area contributed by atoms with Crippen molar-refractivity contribution in [3.63, 3.8) is 0 Å². The van der Waals surface area contributed by atoms with Crippen LogP contribution in [-0.4, -0.2) is 40.9 Å². The van der Waals surface area contributed by atoms with Crippen molar-refractivity contribution in [1.82, 2.24) is 20.0 Å². The number of rotatable bonds is 3. The molecule has 0 radical (unpaired) electrons. The molecular weight excluding hydrogens is 188 g/mol. The van der Waals surface area contributed by atoms with Gasteiger partial charge in [0.25, 0.3) is 0 Å². The molecule has 84 valence electrons. The Morgan fingerprint density at radius 2 is 2.33 bits per heavy atom. The fourth-order valence-corrected chi connectivity index (χ4v) is 2.07. The highest BCUT2D eigenvalue weighted by Crippen LogP contribution is 2.09. The van der Waals surface area contributed by atoms with Crippen molar-refractivity contribution < 1.29 is 0 Å². The van der Waals surface area contributed by atoms with Crippen molar-refractivity contribution in [3.8, 4) is 0 Å². The lowest BCUT2D eigenvalue weighted by Crippen LogP contribution is -2.31. The van der Waals surface area contributed by atoms with E-state index < -0.39 is 0 Å². The van der Waals surface area contributed by atoms with Crippen molar-refractivity contribution in [3.05, 3.63) is 17.5 Å². The smallest absolute Gasteiger partial charge is 0.0537 e. The first kappa shape index (κ1) is 10.6. The maximum atomic E-state index is 4.24. The van der Waals surface area contributed by atoms with Crippen LogP contribution < -0.4 is 5.32 Å². The Labute approximate surface area is 91.3 Å². The Morgan fingerprint density at radius 1 is 1.53 bits per heavy atom. The minimum Gasteiger partial charge on any atom is -0.308 e. The van der Waals surface area contributed by atoms with E-state index in [1.165, 1.54) is 30.8 Å². The van der Waals surface area contributed by atoms with Crippen LogP contribution in [0.3, 0.4) is 0 Å². The second-order valence-electron chi connectivity index (χ2n) is 4.51. The molecule has 0 saturated carbocycles. The fraction of sp³-hybridized carbons (Fsp3) is 0.727. The third-order valence-electron chi connectivity index (χ3n) is 3.31. The molecule has 1 fully saturated rings. The highest BCUT2D eigenvalue weighted by Gasteiger charge is 2.18. The van der Waals surface area contributed by atoms with Crippen LogP contribution in [0.1, 0.15) is 17.7 Å². The number of aromatic nitrogens is 2. The molecule has 4 nitrogen and oxygen atoms in total. The summed E-state index contributed by atoms with van der Waals surface area (Å²) in [5.41, 5.74) is 2.57. The van der Waals surface area contributed by atoms with Gasteiger partial charge in [-0.25, -0.2) is 0 Å². The van der Waals surface area contributed by atoms with Crippen molar-refractivity contribution >= 4 is 0 Å². The zero-order valence-corrected chi connectivity index (χ0v) is 9.82. The van der Waals surface area contributed by atoms with Crippen molar-refractivity contribution in [2.45, 2.75) is 25.9 Å². The van der Waals surface area contributed by atoms with Crippen LogP contribution in [0.2, 0.25) is 0 Å². The number of nitrogens with zero attached hydrogens (tertiary/aromatic N) is 3. The number of hydrogen-bond acceptors (Lipinski definition) is 3. The van der Waals surface area contributed by atoms with Crippen LogP contribution in [0, 0.1) is 6.92 Å². The normalized spacial score (nSPS) is 22.5. The molecule has 0 aliphatic carbocycles. The first-order chi connectivity index (χ1) is 7.16. The Morgan fingerprint density at radius 3 is 2.87 bits per heavy atom. The van der Waals surface area contributed by atoms with Crippen molar-refractivity contribution in [2.75, 3.05) is 20.1 Å². The van der Waals surface area contributed by atoms with Crippen LogP contribution in [-0.2, 0) is 13.6 Å². The first-order valence-electron chi connectivity index (χ1n) is 5.56. The van der Waals surface area contributed by atoms with E-state index in [1.807, 2.05) is 17.9 Å². The predicted octanol–water partition coefficient (Wildman–Crippen LogP) is 0.522. The number of hydrogen-bond donors (Lipinski definition) is 1. The molecule has 2 heterocycles. The quantitative estimate of drug-likeness (QED) is 0.786. The van der Waals surface area contributed by atoms with Gasteiger partial charge in [0.1, 0.15) is 0 Å². The van der Waals surface area contributed by atoms with Gasteiger partial charge >= 0.3 is 0 Å². The van der Waals surface area contributed by atoms with Crippen LogP contribution >= 0.6 is 0 Å². The monoisotopic (exact) mass is 208 g/mol. The minimum atomic E-state index is 0.648. The molecule has 1 aromatic rings. The minimum absolute atomic E-state index is 0.648. The van der Waals surface area contributed by atoms with E-state index in [0.29, 0.717) is 6.04 Å². The summed E-state index contributed by atoms with van der Waals surface area (Å²) in [4.78, 5) is 2.37. The molecule has 1 saturated heterocycles. The lowest BCUT2D eigenvalue weighted by molar-refractivity contribution is 0.397. The molecule has 1 aromatic heterocycles. The number of nitrogens with one attached hydrogen (secondary N) is 1. The van der Waals surface area contributed by atoms with E-state index in [0.717, 1.165) is 6.54 Å². The summed E-state index contributed by atoms with van der Waals surface area (Å²) in [5, 5.41) is 7.83. The van der Waals surface area contributed by atoms with Crippen molar-refractivity contribution in [2.24, 2.45) is 7.05 Å². The molecule has 4 heteroatoms. The van der Waals surface area contributed by atoms with Gasteiger partial charge in [-0.05, 0) is 26.9 Å². The number of aryl methyl sites for hydroxylation is 1. The number of likely N-dealkylation sites (tertiary alicyclic amines) is 1. The van der Waals surface area contributed by atoms with E-state index in [4.69, 9.17) is 0 Å². The summed E-state index contributed by atoms with van der Waals surface area (Å²) >= 11 is 0. The maximum Gasteiger partial charge on any atom is 0.0537 e. The Hall–Kier alpha value is -0.870. The molecule has 0 amide bonds. The molecule has 0 bridgehead atoms. The summed E-state index contributed by atoms with van der Waals surface area (Å²) in [7, 11) is 4.17. The molecule has 1 aliphatic heterocycles. The number of likely N-dealkylation sites (N-methyl/N-ethyl adjacent to an activating group) is 1. The van der Waals surface area contributed by atoms with Gasteiger partial charge in [0.05, 0.1) is 6.20 Å². The Bertz CT molecular complexity index is 331. The van der Waals surface area contributed by atoms with Gasteiger partial charge in [-0.1, -0.05) is 0 Å². The summed E-state index contributed by atoms with van der Waals surface area (Å²) < 4.78 is 1.93. The molecule has 1 N–H and O–H groups in total. The Kier molecular flexibility index (Phi) is 3.07. The van der Waals surface area contributed by atoms with Crippen molar-refractivity contribution in [1.29, 1.82) is 0 Å². The maximum absolute atomic E-state index is 4.24. The molecule has 1 aliphatic rings. The molecule has 15 heavy (non-hydrogen) atoms. The van der Waals surface area contributed by atoms with Gasteiger partial charge in [0.15, 0.2) is 0 Å². The molecule has 0 unspecified atom stereocenters. The van der Waals surface area contributed by atoms with Crippen LogP contribution in [0.15, 0.2) is 6.20 Å². The van der Waals surface area contributed by atoms with Gasteiger partial charge in [-0.15, -0.1) is 0 Å². The van der Waals surface area contributed by atoms with E-state index >= 15 is 0 Å². The third-order valence-corrected chi connectivity index (χ3v) is 3.31. The average Bonchev–Trinajstić information content (AvgIpc) is 2.74. The zero-order valence-electron chi connectivity index (χ0n) is 9.82. The summed E-state index contributed by atoms with van der Waals surface area (Å²) in [6.07, 6.45) is 3.22. The molecule has 1 atom stereocenters. The van der Waals surface area contributed by atoms with Crippen LogP contribution in [0.25, 0.3) is 0 Å². The lowest BCUT2D eigenvalue weighted by Gasteiger charge is -2.12. The van der Waals surface area contributed by atoms with Gasteiger partial charge in [-0.3, -0.25) is 4.68 Å². The third kappa shape index (κ3) is 2.38. The topological polar surface area (TPSA) is 33.1 Å². The van der Waals surface area contributed by atoms with E-state index in [1.54, 1.807) is 0 Å². The molecule has 0 aromatic carbocycles. The Balaban J connectivity index is 1.85. The SMILES string of the molecule is Cc1c(CN[C@@H]2CCN(C)C2)cnn1C. The highest BCUT2D eigenvalue weighted by molar-refractivity contribution is 5.15.